The van der Waals surface area contributed by atoms with Gasteiger partial charge < -0.3 is 11.1 Å². The number of carbonyl (C=O) groups is 2. The summed E-state index contributed by atoms with van der Waals surface area (Å²) in [6.07, 6.45) is 0.721. The molecule has 1 heterocycles. The van der Waals surface area contributed by atoms with Crippen LogP contribution in [0.1, 0.15) is 34.6 Å². The molecule has 0 saturated carbocycles. The molecule has 23 heavy (non-hydrogen) atoms. The van der Waals surface area contributed by atoms with Crippen LogP contribution in [-0.4, -0.2) is 28.1 Å². The van der Waals surface area contributed by atoms with Crippen molar-refractivity contribution in [1.29, 1.82) is 0 Å². The number of benzene rings is 1. The maximum atomic E-state index is 13.0. The molecule has 0 fully saturated rings. The molecule has 0 aliphatic heterocycles. The summed E-state index contributed by atoms with van der Waals surface area (Å²) in [6, 6.07) is 5.89. The number of amides is 2. The Morgan fingerprint density at radius 3 is 2.52 bits per heavy atom. The number of hydrogen-bond acceptors (Lipinski definition) is 3. The van der Waals surface area contributed by atoms with Crippen LogP contribution in [0.15, 0.2) is 24.3 Å². The number of aromatic nitrogens is 2. The van der Waals surface area contributed by atoms with Crippen molar-refractivity contribution in [2.75, 3.05) is 6.54 Å². The Hall–Kier alpha value is -2.70. The van der Waals surface area contributed by atoms with Crippen molar-refractivity contribution >= 4 is 11.8 Å². The molecule has 1 aromatic carbocycles. The molecule has 7 heteroatoms. The number of nitrogens with one attached hydrogen (secondary N) is 1. The normalized spacial score (nSPS) is 10.6. The molecule has 0 bridgehead atoms. The highest BCUT2D eigenvalue weighted by atomic mass is 19.1. The van der Waals surface area contributed by atoms with Gasteiger partial charge in [-0.15, -0.1) is 0 Å². The van der Waals surface area contributed by atoms with Crippen LogP contribution in [0.2, 0.25) is 0 Å². The fraction of sp³-hybridized carbons (Fsp3) is 0.312. The van der Waals surface area contributed by atoms with Crippen molar-refractivity contribution in [2.45, 2.75) is 26.7 Å². The van der Waals surface area contributed by atoms with Crippen LogP contribution in [0.3, 0.4) is 0 Å². The van der Waals surface area contributed by atoms with E-state index in [-0.39, 0.29) is 18.1 Å². The number of carbonyl (C=O) groups excluding carboxylic acids is 2. The first-order chi connectivity index (χ1) is 10.9. The van der Waals surface area contributed by atoms with Gasteiger partial charge in [0.2, 0.25) is 5.91 Å². The van der Waals surface area contributed by atoms with Crippen LogP contribution in [0.4, 0.5) is 4.39 Å². The highest BCUT2D eigenvalue weighted by Crippen LogP contribution is 2.18. The van der Waals surface area contributed by atoms with Crippen molar-refractivity contribution in [2.24, 2.45) is 5.73 Å². The summed E-state index contributed by atoms with van der Waals surface area (Å²) in [5.41, 5.74) is 7.47. The van der Waals surface area contributed by atoms with E-state index in [1.807, 2.05) is 0 Å². The topological polar surface area (TPSA) is 90.0 Å². The molecule has 3 N–H and O–H groups in total. The monoisotopic (exact) mass is 318 g/mol. The lowest BCUT2D eigenvalue weighted by atomic mass is 10.1. The van der Waals surface area contributed by atoms with Gasteiger partial charge in [-0.3, -0.25) is 9.59 Å². The standard InChI is InChI=1S/C16H19FN4O2/c1-10-15(16(23)19-9-3-4-14(18)22)11(2)21(20-10)13-7-5-12(17)6-8-13/h5-8H,3-4,9H2,1-2H3,(H2,18,22)(H,19,23). The molecule has 2 aromatic rings. The second kappa shape index (κ2) is 7.04. The number of nitrogens with zero attached hydrogens (tertiary/aromatic N) is 2. The Balaban J connectivity index is 2.15. The smallest absolute Gasteiger partial charge is 0.255 e. The van der Waals surface area contributed by atoms with Crippen LogP contribution in [0.25, 0.3) is 5.69 Å². The second-order valence-electron chi connectivity index (χ2n) is 5.26. The third-order valence-electron chi connectivity index (χ3n) is 3.48. The average Bonchev–Trinajstić information content (AvgIpc) is 2.79. The van der Waals surface area contributed by atoms with Gasteiger partial charge in [0.05, 0.1) is 22.6 Å². The van der Waals surface area contributed by atoms with Gasteiger partial charge in [0.1, 0.15) is 5.82 Å². The van der Waals surface area contributed by atoms with Gasteiger partial charge in [0, 0.05) is 13.0 Å². The van der Waals surface area contributed by atoms with Gasteiger partial charge >= 0.3 is 0 Å². The SMILES string of the molecule is Cc1nn(-c2ccc(F)cc2)c(C)c1C(=O)NCCCC(N)=O. The van der Waals surface area contributed by atoms with Crippen molar-refractivity contribution in [3.8, 4) is 5.69 Å². The average molecular weight is 318 g/mol. The highest BCUT2D eigenvalue weighted by molar-refractivity contribution is 5.96. The molecule has 1 aromatic heterocycles. The minimum Gasteiger partial charge on any atom is -0.370 e. The van der Waals surface area contributed by atoms with Crippen LogP contribution in [-0.2, 0) is 4.79 Å². The summed E-state index contributed by atoms with van der Waals surface area (Å²) in [5.74, 6) is -0.976. The Labute approximate surface area is 133 Å². The van der Waals surface area contributed by atoms with Gasteiger partial charge in [0.15, 0.2) is 0 Å². The first kappa shape index (κ1) is 16.7. The lowest BCUT2D eigenvalue weighted by molar-refractivity contribution is -0.118. The van der Waals surface area contributed by atoms with E-state index < -0.39 is 5.91 Å². The van der Waals surface area contributed by atoms with Crippen LogP contribution in [0.5, 0.6) is 0 Å². The van der Waals surface area contributed by atoms with Gasteiger partial charge in [-0.25, -0.2) is 9.07 Å². The Morgan fingerprint density at radius 1 is 1.26 bits per heavy atom. The Kier molecular flexibility index (Phi) is 5.10. The fourth-order valence-corrected chi connectivity index (χ4v) is 2.36. The molecule has 0 aliphatic carbocycles. The number of nitrogens with two attached hydrogens (primary N) is 1. The Bertz CT molecular complexity index is 722. The van der Waals surface area contributed by atoms with Crippen molar-refractivity contribution in [3.63, 3.8) is 0 Å². The zero-order valence-corrected chi connectivity index (χ0v) is 13.1. The van der Waals surface area contributed by atoms with Crippen molar-refractivity contribution in [1.82, 2.24) is 15.1 Å². The summed E-state index contributed by atoms with van der Waals surface area (Å²) in [7, 11) is 0. The molecule has 122 valence electrons. The zero-order chi connectivity index (χ0) is 17.0. The second-order valence-corrected chi connectivity index (χ2v) is 5.26. The number of primary amides is 1. The summed E-state index contributed by atoms with van der Waals surface area (Å²) in [6.45, 7) is 3.88. The summed E-state index contributed by atoms with van der Waals surface area (Å²) in [5, 5.41) is 7.10. The number of halogens is 1. The molecule has 6 nitrogen and oxygen atoms in total. The molecule has 0 aliphatic rings. The maximum Gasteiger partial charge on any atom is 0.255 e. The fourth-order valence-electron chi connectivity index (χ4n) is 2.36. The van der Waals surface area contributed by atoms with Crippen molar-refractivity contribution in [3.05, 3.63) is 47.0 Å². The summed E-state index contributed by atoms with van der Waals surface area (Å²) < 4.78 is 14.6. The molecule has 2 amide bonds. The van der Waals surface area contributed by atoms with E-state index in [0.29, 0.717) is 35.6 Å². The predicted molar refractivity (Wildman–Crippen MR) is 83.8 cm³/mol. The van der Waals surface area contributed by atoms with E-state index in [0.717, 1.165) is 0 Å². The first-order valence-corrected chi connectivity index (χ1v) is 7.29. The number of aryl methyl sites for hydroxylation is 1. The number of rotatable bonds is 6. The van der Waals surface area contributed by atoms with E-state index in [4.69, 9.17) is 5.73 Å². The van der Waals surface area contributed by atoms with Crippen molar-refractivity contribution < 1.29 is 14.0 Å². The third-order valence-corrected chi connectivity index (χ3v) is 3.48. The third kappa shape index (κ3) is 3.94. The lowest BCUT2D eigenvalue weighted by Gasteiger charge is -2.06. The molecule has 0 saturated heterocycles. The largest absolute Gasteiger partial charge is 0.370 e. The van der Waals surface area contributed by atoms with E-state index in [1.54, 1.807) is 30.7 Å². The summed E-state index contributed by atoms with van der Waals surface area (Å²) in [4.78, 5) is 23.0. The van der Waals surface area contributed by atoms with Crippen LogP contribution < -0.4 is 11.1 Å². The molecular weight excluding hydrogens is 299 g/mol. The van der Waals surface area contributed by atoms with Gasteiger partial charge in [0.25, 0.3) is 5.91 Å². The lowest BCUT2D eigenvalue weighted by Crippen LogP contribution is -2.26. The minimum absolute atomic E-state index is 0.229. The molecule has 0 atom stereocenters. The van der Waals surface area contributed by atoms with Crippen LogP contribution >= 0.6 is 0 Å². The summed E-state index contributed by atoms with van der Waals surface area (Å²) >= 11 is 0. The molecule has 0 spiro atoms. The van der Waals surface area contributed by atoms with E-state index >= 15 is 0 Å². The first-order valence-electron chi connectivity index (χ1n) is 7.29. The van der Waals surface area contributed by atoms with Gasteiger partial charge in [-0.2, -0.15) is 5.10 Å². The van der Waals surface area contributed by atoms with E-state index in [1.165, 1.54) is 12.1 Å². The van der Waals surface area contributed by atoms with E-state index in [2.05, 4.69) is 10.4 Å². The van der Waals surface area contributed by atoms with Crippen LogP contribution in [0, 0.1) is 19.7 Å². The van der Waals surface area contributed by atoms with Gasteiger partial charge in [-0.05, 0) is 44.5 Å². The quantitative estimate of drug-likeness (QED) is 0.793. The molecule has 0 unspecified atom stereocenters. The number of hydrogen-bond donors (Lipinski definition) is 2. The molecular formula is C16H19FN4O2. The minimum atomic E-state index is -0.393. The van der Waals surface area contributed by atoms with Gasteiger partial charge in [-0.1, -0.05) is 0 Å². The molecule has 2 rings (SSSR count). The highest BCUT2D eigenvalue weighted by Gasteiger charge is 2.19. The Morgan fingerprint density at radius 2 is 1.91 bits per heavy atom. The van der Waals surface area contributed by atoms with E-state index in [9.17, 15) is 14.0 Å². The molecule has 0 radical (unpaired) electrons. The zero-order valence-electron chi connectivity index (χ0n) is 13.1. The maximum absolute atomic E-state index is 13.0. The predicted octanol–water partition coefficient (Wildman–Crippen LogP) is 1.62.